The van der Waals surface area contributed by atoms with Crippen LogP contribution in [0, 0.1) is 11.8 Å². The summed E-state index contributed by atoms with van der Waals surface area (Å²) < 4.78 is 20.7. The zero-order valence-electron chi connectivity index (χ0n) is 18.1. The smallest absolute Gasteiger partial charge is 0.192 e. The highest BCUT2D eigenvalue weighted by Gasteiger charge is 2.47. The lowest BCUT2D eigenvalue weighted by molar-refractivity contribution is -0.333. The lowest BCUT2D eigenvalue weighted by atomic mass is 9.84. The van der Waals surface area contributed by atoms with E-state index in [-0.39, 0.29) is 17.2 Å². The van der Waals surface area contributed by atoms with Crippen LogP contribution in [0.4, 0.5) is 0 Å². The van der Waals surface area contributed by atoms with E-state index in [1.54, 1.807) is 0 Å². The van der Waals surface area contributed by atoms with Crippen molar-refractivity contribution in [2.45, 2.75) is 103 Å². The molecule has 1 spiro atoms. The number of rotatable bonds is 5. The van der Waals surface area contributed by atoms with Gasteiger partial charge in [0.25, 0.3) is 0 Å². The first-order valence-electron chi connectivity index (χ1n) is 10.4. The van der Waals surface area contributed by atoms with Crippen molar-refractivity contribution in [3.63, 3.8) is 0 Å². The number of hydrogen-bond acceptors (Lipinski definition) is 3. The largest absolute Gasteiger partial charge is 0.414 e. The number of hydrogen-bond donors (Lipinski definition) is 0. The molecule has 2 heterocycles. The Kier molecular flexibility index (Phi) is 8.29. The normalized spacial score (nSPS) is 35.3. The second-order valence-electron chi connectivity index (χ2n) is 10.1. The van der Waals surface area contributed by atoms with Crippen LogP contribution in [-0.2, 0) is 13.9 Å². The van der Waals surface area contributed by atoms with Gasteiger partial charge in [-0.25, -0.2) is 0 Å². The van der Waals surface area contributed by atoms with Crippen LogP contribution < -0.4 is 0 Å². The molecule has 0 saturated carbocycles. The summed E-state index contributed by atoms with van der Waals surface area (Å²) in [6.07, 6.45) is 7.66. The van der Waals surface area contributed by atoms with E-state index in [1.807, 2.05) is 0 Å². The molecule has 0 radical (unpaired) electrons. The van der Waals surface area contributed by atoms with Gasteiger partial charge >= 0.3 is 0 Å². The van der Waals surface area contributed by atoms with E-state index >= 15 is 0 Å². The standard InChI is InChI=1S/C21H38Br2O3Si/c1-15-10-12-21(25-17(15)8-9-19(22)23)13-11-16(2)18(26-21)14-24-27(6,7)20(3,4)5/h9,15-18H,8,10-14H2,1-7H3/t15-,16-,17+,18-,21-/m0/s1. The van der Waals surface area contributed by atoms with Crippen molar-refractivity contribution in [2.75, 3.05) is 6.61 Å². The van der Waals surface area contributed by atoms with E-state index in [9.17, 15) is 0 Å². The summed E-state index contributed by atoms with van der Waals surface area (Å²) >= 11 is 6.92. The molecule has 2 aliphatic heterocycles. The van der Waals surface area contributed by atoms with Crippen LogP contribution in [0.25, 0.3) is 0 Å². The van der Waals surface area contributed by atoms with Crippen molar-refractivity contribution in [3.8, 4) is 0 Å². The van der Waals surface area contributed by atoms with Crippen molar-refractivity contribution < 1.29 is 13.9 Å². The van der Waals surface area contributed by atoms with E-state index in [1.165, 1.54) is 0 Å². The molecule has 0 N–H and O–H groups in total. The summed E-state index contributed by atoms with van der Waals surface area (Å²) in [6, 6.07) is 0. The fourth-order valence-electron chi connectivity index (χ4n) is 3.63. The molecule has 5 atom stereocenters. The molecule has 3 nitrogen and oxygen atoms in total. The van der Waals surface area contributed by atoms with E-state index in [0.29, 0.717) is 18.4 Å². The van der Waals surface area contributed by atoms with Gasteiger partial charge in [-0.05, 0) is 81.1 Å². The first kappa shape index (κ1) is 24.1. The Morgan fingerprint density at radius 1 is 1.07 bits per heavy atom. The molecule has 27 heavy (non-hydrogen) atoms. The van der Waals surface area contributed by atoms with Gasteiger partial charge in [0.05, 0.1) is 22.2 Å². The van der Waals surface area contributed by atoms with E-state index in [2.05, 4.69) is 85.6 Å². The molecule has 0 amide bonds. The van der Waals surface area contributed by atoms with Crippen molar-refractivity contribution in [3.05, 3.63) is 9.47 Å². The maximum Gasteiger partial charge on any atom is 0.192 e. The third-order valence-electron chi connectivity index (χ3n) is 6.88. The van der Waals surface area contributed by atoms with Gasteiger partial charge in [0.1, 0.15) is 0 Å². The van der Waals surface area contributed by atoms with Gasteiger partial charge in [-0.15, -0.1) is 0 Å². The molecule has 0 unspecified atom stereocenters. The Balaban J connectivity index is 2.03. The molecular weight excluding hydrogens is 488 g/mol. The molecular formula is C21H38Br2O3Si. The maximum atomic E-state index is 6.65. The third-order valence-corrected chi connectivity index (χ3v) is 12.0. The van der Waals surface area contributed by atoms with E-state index in [0.717, 1.165) is 35.5 Å². The average molecular weight is 526 g/mol. The Labute approximate surface area is 184 Å². The summed E-state index contributed by atoms with van der Waals surface area (Å²) in [5.74, 6) is 0.645. The fraction of sp³-hybridized carbons (Fsp3) is 0.905. The molecule has 0 aliphatic carbocycles. The first-order valence-corrected chi connectivity index (χ1v) is 14.9. The Hall–Kier alpha value is 0.797. The molecule has 2 rings (SSSR count). The summed E-state index contributed by atoms with van der Waals surface area (Å²) in [5, 5.41) is 0.222. The van der Waals surface area contributed by atoms with Gasteiger partial charge in [-0.1, -0.05) is 40.7 Å². The predicted molar refractivity (Wildman–Crippen MR) is 123 cm³/mol. The lowest BCUT2D eigenvalue weighted by Gasteiger charge is -2.50. The van der Waals surface area contributed by atoms with Gasteiger partial charge in [-0.3, -0.25) is 0 Å². The van der Waals surface area contributed by atoms with E-state index < -0.39 is 14.1 Å². The van der Waals surface area contributed by atoms with E-state index in [4.69, 9.17) is 13.9 Å². The van der Waals surface area contributed by atoms with Crippen LogP contribution in [0.1, 0.15) is 66.7 Å². The van der Waals surface area contributed by atoms with Crippen molar-refractivity contribution in [1.29, 1.82) is 0 Å². The van der Waals surface area contributed by atoms with Crippen LogP contribution in [-0.4, -0.2) is 32.9 Å². The Morgan fingerprint density at radius 3 is 2.11 bits per heavy atom. The molecule has 0 aromatic rings. The highest BCUT2D eigenvalue weighted by Crippen LogP contribution is 2.44. The number of ether oxygens (including phenoxy) is 2. The SMILES string of the molecule is C[C@H]1CC[C@]2(CC[C@H](C)[C@@H](CC=C(Br)Br)O2)O[C@H]1CO[Si](C)(C)C(C)(C)C. The molecule has 2 fully saturated rings. The Morgan fingerprint density at radius 2 is 1.59 bits per heavy atom. The van der Waals surface area contributed by atoms with Gasteiger partial charge in [-0.2, -0.15) is 0 Å². The zero-order chi connectivity index (χ0) is 20.5. The lowest BCUT2D eigenvalue weighted by Crippen LogP contribution is -2.54. The predicted octanol–water partition coefficient (Wildman–Crippen LogP) is 7.36. The third kappa shape index (κ3) is 6.39. The molecule has 0 aromatic heterocycles. The van der Waals surface area contributed by atoms with Gasteiger partial charge in [0.2, 0.25) is 0 Å². The average Bonchev–Trinajstić information content (AvgIpc) is 2.56. The monoisotopic (exact) mass is 524 g/mol. The van der Waals surface area contributed by atoms with Crippen LogP contribution in [0.5, 0.6) is 0 Å². The zero-order valence-corrected chi connectivity index (χ0v) is 22.3. The number of halogens is 2. The summed E-state index contributed by atoms with van der Waals surface area (Å²) in [7, 11) is -1.77. The Bertz CT molecular complexity index is 524. The minimum atomic E-state index is -1.77. The minimum absolute atomic E-state index is 0.125. The minimum Gasteiger partial charge on any atom is -0.414 e. The van der Waals surface area contributed by atoms with Crippen LogP contribution in [0.15, 0.2) is 9.47 Å². The van der Waals surface area contributed by atoms with Crippen LogP contribution in [0.2, 0.25) is 18.1 Å². The summed E-state index contributed by atoms with van der Waals surface area (Å²) in [4.78, 5) is 0. The first-order chi connectivity index (χ1) is 12.4. The van der Waals surface area contributed by atoms with Crippen LogP contribution in [0.3, 0.4) is 0 Å². The van der Waals surface area contributed by atoms with Gasteiger partial charge in [0.15, 0.2) is 14.1 Å². The van der Waals surface area contributed by atoms with Crippen molar-refractivity contribution in [2.24, 2.45) is 11.8 Å². The van der Waals surface area contributed by atoms with Crippen LogP contribution >= 0.6 is 31.9 Å². The highest BCUT2D eigenvalue weighted by atomic mass is 79.9. The topological polar surface area (TPSA) is 27.7 Å². The fourth-order valence-corrected chi connectivity index (χ4v) is 5.02. The second-order valence-corrected chi connectivity index (χ2v) is 17.6. The highest BCUT2D eigenvalue weighted by molar-refractivity contribution is 9.28. The van der Waals surface area contributed by atoms with Gasteiger partial charge in [0, 0.05) is 12.8 Å². The molecule has 6 heteroatoms. The summed E-state index contributed by atoms with van der Waals surface area (Å²) in [5.41, 5.74) is 0. The van der Waals surface area contributed by atoms with Crippen molar-refractivity contribution in [1.82, 2.24) is 0 Å². The molecule has 0 aromatic carbocycles. The molecule has 158 valence electrons. The molecule has 0 bridgehead atoms. The second kappa shape index (κ2) is 9.30. The van der Waals surface area contributed by atoms with Crippen molar-refractivity contribution >= 4 is 40.2 Å². The molecule has 2 aliphatic rings. The molecule has 2 saturated heterocycles. The van der Waals surface area contributed by atoms with Gasteiger partial charge < -0.3 is 13.9 Å². The summed E-state index contributed by atoms with van der Waals surface area (Å²) in [6.45, 7) is 16.8. The maximum absolute atomic E-state index is 6.65. The quantitative estimate of drug-likeness (QED) is 0.351.